The monoisotopic (exact) mass is 489 g/mol. The Kier molecular flexibility index (Phi) is 7.80. The average Bonchev–Trinajstić information content (AvgIpc) is 3.10. The van der Waals surface area contributed by atoms with Crippen LogP contribution in [0.4, 0.5) is 5.69 Å². The largest absolute Gasteiger partial charge is 0.489 e. The number of anilines is 1. The third kappa shape index (κ3) is 6.49. The van der Waals surface area contributed by atoms with E-state index < -0.39 is 5.97 Å². The number of aromatic nitrogens is 2. The summed E-state index contributed by atoms with van der Waals surface area (Å²) in [6.07, 6.45) is 12.1. The van der Waals surface area contributed by atoms with Crippen molar-refractivity contribution in [1.29, 1.82) is 0 Å². The quantitative estimate of drug-likeness (QED) is 0.389. The van der Waals surface area contributed by atoms with Crippen LogP contribution in [-0.4, -0.2) is 34.7 Å². The molecular formula is C27H24ClN3O4. The molecular weight excluding hydrogens is 466 g/mol. The molecule has 0 amide bonds. The zero-order chi connectivity index (χ0) is 24.6. The molecule has 35 heavy (non-hydrogen) atoms. The van der Waals surface area contributed by atoms with Gasteiger partial charge in [-0.2, -0.15) is 0 Å². The van der Waals surface area contributed by atoms with Gasteiger partial charge in [-0.05, 0) is 48.4 Å². The fourth-order valence-corrected chi connectivity index (χ4v) is 3.65. The highest BCUT2D eigenvalue weighted by atomic mass is 35.5. The number of hydrogen-bond donors (Lipinski definition) is 2. The minimum Gasteiger partial charge on any atom is -0.489 e. The van der Waals surface area contributed by atoms with Gasteiger partial charge >= 0.3 is 5.97 Å². The first-order valence-corrected chi connectivity index (χ1v) is 11.3. The number of hydrogen-bond acceptors (Lipinski definition) is 6. The molecule has 1 aliphatic rings. The number of halogens is 1. The van der Waals surface area contributed by atoms with Crippen molar-refractivity contribution in [2.24, 2.45) is 0 Å². The summed E-state index contributed by atoms with van der Waals surface area (Å²) in [6, 6.07) is 12.4. The highest BCUT2D eigenvalue weighted by molar-refractivity contribution is 6.31. The van der Waals surface area contributed by atoms with E-state index in [9.17, 15) is 9.90 Å². The van der Waals surface area contributed by atoms with Crippen LogP contribution in [0.3, 0.4) is 0 Å². The van der Waals surface area contributed by atoms with Gasteiger partial charge in [0.25, 0.3) is 0 Å². The van der Waals surface area contributed by atoms with Crippen LogP contribution in [0.2, 0.25) is 0 Å². The van der Waals surface area contributed by atoms with Gasteiger partial charge in [0.15, 0.2) is 5.82 Å². The lowest BCUT2D eigenvalue weighted by Crippen LogP contribution is -2.04. The lowest BCUT2D eigenvalue weighted by atomic mass is 10.1. The first kappa shape index (κ1) is 24.0. The van der Waals surface area contributed by atoms with E-state index in [1.54, 1.807) is 31.6 Å². The summed E-state index contributed by atoms with van der Waals surface area (Å²) >= 11 is 6.14. The summed E-state index contributed by atoms with van der Waals surface area (Å²) in [7, 11) is 1.67. The number of nitrogens with one attached hydrogen (secondary N) is 1. The lowest BCUT2D eigenvalue weighted by molar-refractivity contribution is 0.0697. The Morgan fingerprint density at radius 2 is 1.86 bits per heavy atom. The van der Waals surface area contributed by atoms with E-state index in [0.717, 1.165) is 23.1 Å². The summed E-state index contributed by atoms with van der Waals surface area (Å²) in [5.41, 5.74) is 3.24. The summed E-state index contributed by atoms with van der Waals surface area (Å²) in [5, 5.41) is 12.9. The Labute approximate surface area is 208 Å². The molecule has 1 aromatic heterocycles. The highest BCUT2D eigenvalue weighted by Crippen LogP contribution is 2.24. The maximum Gasteiger partial charge on any atom is 0.337 e. The number of ether oxygens (including phenoxy) is 2. The zero-order valence-electron chi connectivity index (χ0n) is 19.1. The minimum absolute atomic E-state index is 0.143. The van der Waals surface area contributed by atoms with Crippen LogP contribution in [0.25, 0.3) is 11.4 Å². The molecule has 2 aromatic carbocycles. The van der Waals surface area contributed by atoms with Crippen LogP contribution < -0.4 is 14.8 Å². The van der Waals surface area contributed by atoms with Crippen molar-refractivity contribution in [3.05, 3.63) is 101 Å². The molecule has 4 rings (SSSR count). The lowest BCUT2D eigenvalue weighted by Gasteiger charge is -2.10. The molecule has 0 saturated heterocycles. The molecule has 0 bridgehead atoms. The number of aromatic carboxylic acids is 1. The number of benzene rings is 2. The van der Waals surface area contributed by atoms with E-state index in [4.69, 9.17) is 21.1 Å². The number of nitrogens with zero attached hydrogens (tertiary/aromatic N) is 2. The molecule has 0 saturated carbocycles. The Morgan fingerprint density at radius 3 is 2.63 bits per heavy atom. The second-order valence-corrected chi connectivity index (χ2v) is 8.17. The Balaban J connectivity index is 1.39. The van der Waals surface area contributed by atoms with Gasteiger partial charge in [-0.25, -0.2) is 14.8 Å². The van der Waals surface area contributed by atoms with Crippen LogP contribution >= 0.6 is 11.6 Å². The first-order chi connectivity index (χ1) is 17.0. The second-order valence-electron chi connectivity index (χ2n) is 7.73. The highest BCUT2D eigenvalue weighted by Gasteiger charge is 2.11. The SMILES string of the molecule is CNc1ccc(OCc2cnc(-c3cccc(OCC4=CC(Cl)=CCC=C4)c3)nc2)cc1C(=O)O. The Morgan fingerprint density at radius 1 is 1.09 bits per heavy atom. The fraction of sp³-hybridized carbons (Fsp3) is 0.148. The van der Waals surface area contributed by atoms with Gasteiger partial charge in [0.05, 0.1) is 5.56 Å². The second kappa shape index (κ2) is 11.4. The Bertz CT molecular complexity index is 1300. The van der Waals surface area contributed by atoms with Crippen LogP contribution in [0.5, 0.6) is 11.5 Å². The van der Waals surface area contributed by atoms with Crippen molar-refractivity contribution in [1.82, 2.24) is 9.97 Å². The molecule has 0 spiro atoms. The molecule has 1 aliphatic carbocycles. The number of allylic oxidation sites excluding steroid dienone is 4. The van der Waals surface area contributed by atoms with Crippen molar-refractivity contribution in [2.75, 3.05) is 19.0 Å². The maximum absolute atomic E-state index is 11.4. The minimum atomic E-state index is -1.03. The van der Waals surface area contributed by atoms with Gasteiger partial charge in [0.2, 0.25) is 0 Å². The number of carbonyl (C=O) groups is 1. The molecule has 8 heteroatoms. The molecule has 2 N–H and O–H groups in total. The van der Waals surface area contributed by atoms with Crippen molar-refractivity contribution < 1.29 is 19.4 Å². The average molecular weight is 490 g/mol. The third-order valence-corrected chi connectivity index (χ3v) is 5.47. The normalized spacial score (nSPS) is 12.9. The number of carboxylic acid groups (broad SMARTS) is 1. The maximum atomic E-state index is 11.4. The van der Waals surface area contributed by atoms with Gasteiger partial charge in [-0.3, -0.25) is 0 Å². The molecule has 0 fully saturated rings. The molecule has 1 heterocycles. The van der Waals surface area contributed by atoms with Crippen LogP contribution in [0, 0.1) is 0 Å². The van der Waals surface area contributed by atoms with Crippen molar-refractivity contribution in [3.8, 4) is 22.9 Å². The topological polar surface area (TPSA) is 93.6 Å². The van der Waals surface area contributed by atoms with E-state index in [1.165, 1.54) is 6.07 Å². The summed E-state index contributed by atoms with van der Waals surface area (Å²) < 4.78 is 11.7. The smallest absolute Gasteiger partial charge is 0.337 e. The first-order valence-electron chi connectivity index (χ1n) is 11.0. The molecule has 0 atom stereocenters. The predicted molar refractivity (Wildman–Crippen MR) is 136 cm³/mol. The summed E-state index contributed by atoms with van der Waals surface area (Å²) in [6.45, 7) is 0.612. The zero-order valence-corrected chi connectivity index (χ0v) is 19.8. The van der Waals surface area contributed by atoms with Gasteiger partial charge in [0, 0.05) is 41.3 Å². The van der Waals surface area contributed by atoms with Crippen LogP contribution in [0.15, 0.2) is 89.8 Å². The van der Waals surface area contributed by atoms with Crippen molar-refractivity contribution in [3.63, 3.8) is 0 Å². The molecule has 7 nitrogen and oxygen atoms in total. The molecule has 3 aromatic rings. The fourth-order valence-electron chi connectivity index (χ4n) is 3.42. The van der Waals surface area contributed by atoms with Crippen LogP contribution in [-0.2, 0) is 6.61 Å². The van der Waals surface area contributed by atoms with Crippen LogP contribution in [0.1, 0.15) is 22.3 Å². The van der Waals surface area contributed by atoms with Gasteiger partial charge in [0.1, 0.15) is 24.7 Å². The van der Waals surface area contributed by atoms with Crippen molar-refractivity contribution in [2.45, 2.75) is 13.0 Å². The molecule has 0 aliphatic heterocycles. The van der Waals surface area contributed by atoms with Gasteiger partial charge in [-0.1, -0.05) is 42.0 Å². The molecule has 0 unspecified atom stereocenters. The van der Waals surface area contributed by atoms with Gasteiger partial charge < -0.3 is 19.9 Å². The van der Waals surface area contributed by atoms with E-state index in [-0.39, 0.29) is 12.2 Å². The van der Waals surface area contributed by atoms with E-state index in [2.05, 4.69) is 15.3 Å². The predicted octanol–water partition coefficient (Wildman–Crippen LogP) is 5.85. The summed E-state index contributed by atoms with van der Waals surface area (Å²) in [5.74, 6) is 0.689. The van der Waals surface area contributed by atoms with Crippen molar-refractivity contribution >= 4 is 23.3 Å². The standard InChI is InChI=1S/C27H24ClN3O4/c1-29-25-10-9-23(13-24(25)27(32)33)35-17-19-14-30-26(31-15-19)20-6-4-8-22(12-20)34-16-18-5-2-3-7-21(28)11-18/h2,4-15,29H,3,16-17H2,1H3,(H,32,33). The third-order valence-electron chi connectivity index (χ3n) is 5.20. The molecule has 178 valence electrons. The van der Waals surface area contributed by atoms with E-state index in [1.807, 2.05) is 48.6 Å². The van der Waals surface area contributed by atoms with Gasteiger partial charge in [-0.15, -0.1) is 0 Å². The Hall–Kier alpha value is -4.10. The number of carboxylic acids is 1. The number of rotatable bonds is 9. The van der Waals surface area contributed by atoms with E-state index >= 15 is 0 Å². The van der Waals surface area contributed by atoms with E-state index in [0.29, 0.717) is 34.6 Å². The molecule has 0 radical (unpaired) electrons. The summed E-state index contributed by atoms with van der Waals surface area (Å²) in [4.78, 5) is 20.3.